The highest BCUT2D eigenvalue weighted by Gasteiger charge is 1.98. The highest BCUT2D eigenvalue weighted by atomic mass is 32.2. The number of aromatic nitrogens is 2. The number of aryl methyl sites for hydroxylation is 1. The van der Waals surface area contributed by atoms with E-state index in [-0.39, 0.29) is 0 Å². The molecule has 80 valence electrons. The minimum Gasteiger partial charge on any atom is -0.311 e. The summed E-state index contributed by atoms with van der Waals surface area (Å²) in [6, 6.07) is 2.07. The van der Waals surface area contributed by atoms with Crippen LogP contribution in [0.2, 0.25) is 0 Å². The Bertz CT molecular complexity index is 247. The predicted molar refractivity (Wildman–Crippen MR) is 62.6 cm³/mol. The maximum Gasteiger partial charge on any atom is 0.0521 e. The van der Waals surface area contributed by atoms with E-state index in [4.69, 9.17) is 0 Å². The van der Waals surface area contributed by atoms with Crippen LogP contribution in [0.25, 0.3) is 0 Å². The van der Waals surface area contributed by atoms with Crippen molar-refractivity contribution in [1.82, 2.24) is 15.1 Å². The largest absolute Gasteiger partial charge is 0.311 e. The van der Waals surface area contributed by atoms with Crippen molar-refractivity contribution >= 4 is 11.8 Å². The molecule has 0 fully saturated rings. The third-order valence-electron chi connectivity index (χ3n) is 2.11. The molecule has 0 saturated heterocycles. The van der Waals surface area contributed by atoms with Gasteiger partial charge in [-0.1, -0.05) is 0 Å². The molecule has 0 bridgehead atoms. The first kappa shape index (κ1) is 11.6. The topological polar surface area (TPSA) is 29.9 Å². The summed E-state index contributed by atoms with van der Waals surface area (Å²) in [5.41, 5.74) is 1.27. The lowest BCUT2D eigenvalue weighted by molar-refractivity contribution is 0.580. The van der Waals surface area contributed by atoms with Crippen LogP contribution in [0.4, 0.5) is 0 Å². The van der Waals surface area contributed by atoms with Crippen molar-refractivity contribution in [3.63, 3.8) is 0 Å². The Balaban J connectivity index is 2.17. The van der Waals surface area contributed by atoms with Crippen LogP contribution in [0.3, 0.4) is 0 Å². The van der Waals surface area contributed by atoms with Gasteiger partial charge in [0.15, 0.2) is 0 Å². The molecular formula is C10H19N3S. The zero-order valence-electron chi connectivity index (χ0n) is 8.99. The summed E-state index contributed by atoms with van der Waals surface area (Å²) < 4.78 is 2.03. The van der Waals surface area contributed by atoms with Gasteiger partial charge in [-0.15, -0.1) is 0 Å². The number of hydrogen-bond acceptors (Lipinski definition) is 3. The Morgan fingerprint density at radius 1 is 1.57 bits per heavy atom. The monoisotopic (exact) mass is 213 g/mol. The van der Waals surface area contributed by atoms with E-state index < -0.39 is 0 Å². The van der Waals surface area contributed by atoms with Gasteiger partial charge in [0.25, 0.3) is 0 Å². The molecule has 0 aliphatic carbocycles. The lowest BCUT2D eigenvalue weighted by Gasteiger charge is -2.06. The average Bonchev–Trinajstić information content (AvgIpc) is 2.65. The lowest BCUT2D eigenvalue weighted by atomic mass is 10.4. The summed E-state index contributed by atoms with van der Waals surface area (Å²) in [6.45, 7) is 5.09. The molecule has 1 N–H and O–H groups in total. The molecule has 3 nitrogen and oxygen atoms in total. The van der Waals surface area contributed by atoms with Crippen molar-refractivity contribution in [2.75, 3.05) is 18.6 Å². The third kappa shape index (κ3) is 3.72. The Hall–Kier alpha value is -0.480. The molecule has 0 amide bonds. The van der Waals surface area contributed by atoms with Crippen molar-refractivity contribution in [3.05, 3.63) is 18.0 Å². The lowest BCUT2D eigenvalue weighted by Crippen LogP contribution is -2.18. The smallest absolute Gasteiger partial charge is 0.0521 e. The maximum atomic E-state index is 4.22. The first-order chi connectivity index (χ1) is 6.88. The van der Waals surface area contributed by atoms with E-state index >= 15 is 0 Å². The summed E-state index contributed by atoms with van der Waals surface area (Å²) in [7, 11) is 0. The summed E-state index contributed by atoms with van der Waals surface area (Å²) in [6.07, 6.45) is 5.25. The van der Waals surface area contributed by atoms with Crippen LogP contribution in [0.15, 0.2) is 12.3 Å². The molecule has 1 heterocycles. The number of hydrogen-bond donors (Lipinski definition) is 1. The Kier molecular flexibility index (Phi) is 5.71. The van der Waals surface area contributed by atoms with E-state index in [2.05, 4.69) is 29.7 Å². The van der Waals surface area contributed by atoms with Crippen LogP contribution in [-0.2, 0) is 13.1 Å². The minimum absolute atomic E-state index is 0.933. The molecule has 14 heavy (non-hydrogen) atoms. The van der Waals surface area contributed by atoms with Crippen molar-refractivity contribution in [3.8, 4) is 0 Å². The zero-order chi connectivity index (χ0) is 10.2. The van der Waals surface area contributed by atoms with Crippen LogP contribution in [0, 0.1) is 0 Å². The van der Waals surface area contributed by atoms with Gasteiger partial charge < -0.3 is 5.32 Å². The standard InChI is InChI=1S/C10H19N3S/c1-3-13-10(5-7-12-13)9-11-6-4-8-14-2/h5,7,11H,3-4,6,8-9H2,1-2H3. The van der Waals surface area contributed by atoms with Crippen LogP contribution in [0.1, 0.15) is 19.0 Å². The highest BCUT2D eigenvalue weighted by molar-refractivity contribution is 7.98. The molecule has 4 heteroatoms. The fourth-order valence-corrected chi connectivity index (χ4v) is 1.79. The SMILES string of the molecule is CCn1nccc1CNCCCSC. The molecule has 0 aliphatic heterocycles. The number of nitrogens with one attached hydrogen (secondary N) is 1. The van der Waals surface area contributed by atoms with Gasteiger partial charge in [0.1, 0.15) is 0 Å². The number of nitrogens with zero attached hydrogens (tertiary/aromatic N) is 2. The fourth-order valence-electron chi connectivity index (χ4n) is 1.35. The van der Waals surface area contributed by atoms with Crippen molar-refractivity contribution < 1.29 is 0 Å². The quantitative estimate of drug-likeness (QED) is 0.700. The van der Waals surface area contributed by atoms with E-state index in [1.165, 1.54) is 17.9 Å². The Morgan fingerprint density at radius 3 is 3.14 bits per heavy atom. The average molecular weight is 213 g/mol. The van der Waals surface area contributed by atoms with Gasteiger partial charge in [0.2, 0.25) is 0 Å². The molecule has 1 aromatic rings. The summed E-state index contributed by atoms with van der Waals surface area (Å²) in [4.78, 5) is 0. The Labute approximate surface area is 90.3 Å². The van der Waals surface area contributed by atoms with Gasteiger partial charge >= 0.3 is 0 Å². The third-order valence-corrected chi connectivity index (χ3v) is 2.81. The predicted octanol–water partition coefficient (Wildman–Crippen LogP) is 1.75. The second-order valence-electron chi connectivity index (χ2n) is 3.16. The van der Waals surface area contributed by atoms with Crippen LogP contribution in [0.5, 0.6) is 0 Å². The van der Waals surface area contributed by atoms with E-state index in [0.29, 0.717) is 0 Å². The molecule has 0 aliphatic rings. The zero-order valence-corrected chi connectivity index (χ0v) is 9.81. The van der Waals surface area contributed by atoms with Crippen LogP contribution >= 0.6 is 11.8 Å². The molecule has 1 rings (SSSR count). The maximum absolute atomic E-state index is 4.22. The van der Waals surface area contributed by atoms with E-state index in [9.17, 15) is 0 Å². The summed E-state index contributed by atoms with van der Waals surface area (Å²) >= 11 is 1.90. The van der Waals surface area contributed by atoms with E-state index in [0.717, 1.165) is 19.6 Å². The molecule has 0 spiro atoms. The molecule has 0 saturated carbocycles. The molecule has 0 aromatic carbocycles. The number of thioether (sulfide) groups is 1. The molecular weight excluding hydrogens is 194 g/mol. The van der Waals surface area contributed by atoms with Crippen molar-refractivity contribution in [2.45, 2.75) is 26.4 Å². The van der Waals surface area contributed by atoms with Gasteiger partial charge in [-0.25, -0.2) is 0 Å². The Morgan fingerprint density at radius 2 is 2.43 bits per heavy atom. The number of rotatable bonds is 7. The van der Waals surface area contributed by atoms with Gasteiger partial charge in [-0.3, -0.25) is 4.68 Å². The minimum atomic E-state index is 0.933. The summed E-state index contributed by atoms with van der Waals surface area (Å²) in [5, 5.41) is 7.65. The van der Waals surface area contributed by atoms with E-state index in [1.807, 2.05) is 22.6 Å². The van der Waals surface area contributed by atoms with Gasteiger partial charge in [0, 0.05) is 19.3 Å². The first-order valence-electron chi connectivity index (χ1n) is 5.08. The van der Waals surface area contributed by atoms with E-state index in [1.54, 1.807) is 0 Å². The highest BCUT2D eigenvalue weighted by Crippen LogP contribution is 1.98. The molecule has 0 atom stereocenters. The second-order valence-corrected chi connectivity index (χ2v) is 4.15. The molecule has 0 radical (unpaired) electrons. The normalized spacial score (nSPS) is 10.7. The van der Waals surface area contributed by atoms with Crippen LogP contribution in [-0.4, -0.2) is 28.3 Å². The van der Waals surface area contributed by atoms with Gasteiger partial charge in [-0.05, 0) is 38.0 Å². The van der Waals surface area contributed by atoms with Gasteiger partial charge in [-0.2, -0.15) is 16.9 Å². The van der Waals surface area contributed by atoms with Crippen molar-refractivity contribution in [1.29, 1.82) is 0 Å². The molecule has 1 aromatic heterocycles. The fraction of sp³-hybridized carbons (Fsp3) is 0.700. The van der Waals surface area contributed by atoms with Gasteiger partial charge in [0.05, 0.1) is 5.69 Å². The first-order valence-corrected chi connectivity index (χ1v) is 6.48. The summed E-state index contributed by atoms with van der Waals surface area (Å²) in [5.74, 6) is 1.24. The van der Waals surface area contributed by atoms with Crippen LogP contribution < -0.4 is 5.32 Å². The van der Waals surface area contributed by atoms with Crippen molar-refractivity contribution in [2.24, 2.45) is 0 Å². The second kappa shape index (κ2) is 6.90. The molecule has 0 unspecified atom stereocenters.